The normalized spacial score (nSPS) is 13.9. The first-order chi connectivity index (χ1) is 15.5. The largest absolute Gasteiger partial charge is 0.378 e. The van der Waals surface area contributed by atoms with Crippen LogP contribution in [0.3, 0.4) is 0 Å². The third-order valence-electron chi connectivity index (χ3n) is 4.86. The summed E-state index contributed by atoms with van der Waals surface area (Å²) in [5.74, 6) is 1.22. The van der Waals surface area contributed by atoms with Crippen LogP contribution in [0.4, 0.5) is 23.1 Å². The second-order valence-corrected chi connectivity index (χ2v) is 7.81. The van der Waals surface area contributed by atoms with E-state index in [-0.39, 0.29) is 5.91 Å². The molecule has 2 aromatic carbocycles. The lowest BCUT2D eigenvalue weighted by atomic mass is 10.2. The summed E-state index contributed by atoms with van der Waals surface area (Å²) in [4.78, 5) is 23.5. The number of nitrogens with zero attached hydrogens (tertiary/aromatic N) is 3. The number of carbonyl (C=O) groups excluding carboxylic acids is 1. The Kier molecular flexibility index (Phi) is 6.99. The summed E-state index contributed by atoms with van der Waals surface area (Å²) < 4.78 is 5.41. The molecule has 0 saturated carbocycles. The van der Waals surface area contributed by atoms with Crippen LogP contribution in [0.15, 0.2) is 60.7 Å². The summed E-state index contributed by atoms with van der Waals surface area (Å²) in [5.41, 5.74) is 3.36. The maximum atomic E-state index is 12.2. The SMILES string of the molecule is Cc1cc(Nc2ccc(NC(=O)/C=C/c3ccc(Cl)cc3)cc2)nc(N2CCOCC2)n1. The number of morpholine rings is 1. The van der Waals surface area contributed by atoms with E-state index < -0.39 is 0 Å². The summed E-state index contributed by atoms with van der Waals surface area (Å²) in [5, 5.41) is 6.82. The number of hydrogen-bond acceptors (Lipinski definition) is 6. The van der Waals surface area contributed by atoms with Crippen molar-refractivity contribution in [2.75, 3.05) is 41.8 Å². The van der Waals surface area contributed by atoms with Crippen molar-refractivity contribution in [2.45, 2.75) is 6.92 Å². The Morgan fingerprint density at radius 1 is 1.03 bits per heavy atom. The zero-order valence-corrected chi connectivity index (χ0v) is 18.5. The van der Waals surface area contributed by atoms with Crippen molar-refractivity contribution in [3.63, 3.8) is 0 Å². The first kappa shape index (κ1) is 21.8. The minimum atomic E-state index is -0.206. The number of carbonyl (C=O) groups is 1. The van der Waals surface area contributed by atoms with Gasteiger partial charge in [-0.3, -0.25) is 4.79 Å². The molecule has 0 aliphatic carbocycles. The fourth-order valence-corrected chi connectivity index (χ4v) is 3.36. The van der Waals surface area contributed by atoms with Crippen LogP contribution in [0.2, 0.25) is 5.02 Å². The summed E-state index contributed by atoms with van der Waals surface area (Å²) >= 11 is 5.87. The summed E-state index contributed by atoms with van der Waals surface area (Å²) in [6, 6.07) is 16.6. The third kappa shape index (κ3) is 6.06. The highest BCUT2D eigenvalue weighted by Gasteiger charge is 2.15. The van der Waals surface area contributed by atoms with E-state index in [0.29, 0.717) is 29.9 Å². The molecule has 0 unspecified atom stereocenters. The monoisotopic (exact) mass is 449 g/mol. The van der Waals surface area contributed by atoms with Crippen molar-refractivity contribution < 1.29 is 9.53 Å². The smallest absolute Gasteiger partial charge is 0.248 e. The van der Waals surface area contributed by atoms with Crippen LogP contribution in [-0.2, 0) is 9.53 Å². The number of amides is 1. The Labute approximate surface area is 192 Å². The number of anilines is 4. The number of aromatic nitrogens is 2. The molecule has 32 heavy (non-hydrogen) atoms. The first-order valence-electron chi connectivity index (χ1n) is 10.4. The van der Waals surface area contributed by atoms with Crippen LogP contribution in [0, 0.1) is 6.92 Å². The lowest BCUT2D eigenvalue weighted by Crippen LogP contribution is -2.37. The van der Waals surface area contributed by atoms with Crippen molar-refractivity contribution in [3.8, 4) is 0 Å². The standard InChI is InChI=1S/C24H24ClN5O2/c1-17-16-22(29-24(26-17)30-12-14-32-15-13-30)27-20-7-9-21(10-8-20)28-23(31)11-4-18-2-5-19(25)6-3-18/h2-11,16H,12-15H2,1H3,(H,28,31)(H,26,27,29)/b11-4+. The quantitative estimate of drug-likeness (QED) is 0.532. The number of ether oxygens (including phenoxy) is 1. The highest BCUT2D eigenvalue weighted by atomic mass is 35.5. The molecule has 4 rings (SSSR count). The van der Waals surface area contributed by atoms with Gasteiger partial charge < -0.3 is 20.3 Å². The molecule has 164 valence electrons. The van der Waals surface area contributed by atoms with Crippen molar-refractivity contribution in [1.29, 1.82) is 0 Å². The number of hydrogen-bond donors (Lipinski definition) is 2. The predicted molar refractivity (Wildman–Crippen MR) is 129 cm³/mol. The lowest BCUT2D eigenvalue weighted by Gasteiger charge is -2.27. The second-order valence-electron chi connectivity index (χ2n) is 7.37. The lowest BCUT2D eigenvalue weighted by molar-refractivity contribution is -0.111. The van der Waals surface area contributed by atoms with Gasteiger partial charge >= 0.3 is 0 Å². The molecule has 1 aliphatic heterocycles. The van der Waals surface area contributed by atoms with Crippen molar-refractivity contribution in [3.05, 3.63) is 77.0 Å². The van der Waals surface area contributed by atoms with Gasteiger partial charge in [-0.1, -0.05) is 23.7 Å². The Morgan fingerprint density at radius 2 is 1.72 bits per heavy atom. The van der Waals surface area contributed by atoms with Crippen LogP contribution in [-0.4, -0.2) is 42.2 Å². The Hall–Kier alpha value is -3.42. The van der Waals surface area contributed by atoms with Crippen LogP contribution in [0.1, 0.15) is 11.3 Å². The van der Waals surface area contributed by atoms with Gasteiger partial charge in [-0.05, 0) is 55.0 Å². The molecule has 1 saturated heterocycles. The fourth-order valence-electron chi connectivity index (χ4n) is 3.24. The first-order valence-corrected chi connectivity index (χ1v) is 10.7. The van der Waals surface area contributed by atoms with Crippen LogP contribution in [0.5, 0.6) is 0 Å². The van der Waals surface area contributed by atoms with E-state index in [1.54, 1.807) is 18.2 Å². The number of aryl methyl sites for hydroxylation is 1. The van der Waals surface area contributed by atoms with E-state index in [1.165, 1.54) is 6.08 Å². The number of nitrogens with one attached hydrogen (secondary N) is 2. The Balaban J connectivity index is 1.37. The minimum Gasteiger partial charge on any atom is -0.378 e. The average Bonchev–Trinajstić information content (AvgIpc) is 2.80. The maximum Gasteiger partial charge on any atom is 0.248 e. The molecule has 0 bridgehead atoms. The molecule has 0 atom stereocenters. The van der Waals surface area contributed by atoms with Gasteiger partial charge in [0.15, 0.2) is 0 Å². The molecule has 1 fully saturated rings. The van der Waals surface area contributed by atoms with Crippen LogP contribution in [0.25, 0.3) is 6.08 Å². The van der Waals surface area contributed by atoms with Crippen LogP contribution < -0.4 is 15.5 Å². The Morgan fingerprint density at radius 3 is 2.44 bits per heavy atom. The maximum absolute atomic E-state index is 12.2. The van der Waals surface area contributed by atoms with E-state index in [2.05, 4.69) is 25.5 Å². The Bertz CT molecular complexity index is 1090. The number of benzene rings is 2. The molecule has 3 aromatic rings. The van der Waals surface area contributed by atoms with Gasteiger partial charge in [0.05, 0.1) is 13.2 Å². The van der Waals surface area contributed by atoms with E-state index >= 15 is 0 Å². The molecule has 0 spiro atoms. The molecular formula is C24H24ClN5O2. The van der Waals surface area contributed by atoms with Crippen molar-refractivity contribution >= 4 is 46.7 Å². The fraction of sp³-hybridized carbons (Fsp3) is 0.208. The third-order valence-corrected chi connectivity index (χ3v) is 5.11. The highest BCUT2D eigenvalue weighted by Crippen LogP contribution is 2.21. The van der Waals surface area contributed by atoms with E-state index in [9.17, 15) is 4.79 Å². The molecule has 1 aliphatic rings. The van der Waals surface area contributed by atoms with Gasteiger partial charge in [-0.15, -0.1) is 0 Å². The van der Waals surface area contributed by atoms with Gasteiger partial charge in [0.1, 0.15) is 5.82 Å². The van der Waals surface area contributed by atoms with Gasteiger partial charge in [-0.25, -0.2) is 4.98 Å². The van der Waals surface area contributed by atoms with Crippen molar-refractivity contribution in [1.82, 2.24) is 9.97 Å². The molecule has 2 N–H and O–H groups in total. The molecule has 1 aromatic heterocycles. The van der Waals surface area contributed by atoms with Gasteiger partial charge in [0, 0.05) is 47.3 Å². The summed E-state index contributed by atoms with van der Waals surface area (Å²) in [7, 11) is 0. The molecule has 0 radical (unpaired) electrons. The summed E-state index contributed by atoms with van der Waals surface area (Å²) in [6.45, 7) is 4.88. The minimum absolute atomic E-state index is 0.206. The molecule has 1 amide bonds. The molecular weight excluding hydrogens is 426 g/mol. The van der Waals surface area contributed by atoms with Gasteiger partial charge in [0.2, 0.25) is 11.9 Å². The topological polar surface area (TPSA) is 79.4 Å². The molecule has 2 heterocycles. The van der Waals surface area contributed by atoms with Crippen molar-refractivity contribution in [2.24, 2.45) is 0 Å². The number of rotatable bonds is 6. The summed E-state index contributed by atoms with van der Waals surface area (Å²) in [6.07, 6.45) is 3.23. The van der Waals surface area contributed by atoms with Gasteiger partial charge in [0.25, 0.3) is 0 Å². The number of halogens is 1. The molecule has 8 heteroatoms. The predicted octanol–water partition coefficient (Wildman–Crippen LogP) is 4.67. The van der Waals surface area contributed by atoms with E-state index in [0.717, 1.165) is 35.9 Å². The highest BCUT2D eigenvalue weighted by molar-refractivity contribution is 6.30. The zero-order chi connectivity index (χ0) is 22.3. The van der Waals surface area contributed by atoms with E-state index in [4.69, 9.17) is 16.3 Å². The second kappa shape index (κ2) is 10.3. The zero-order valence-electron chi connectivity index (χ0n) is 17.7. The average molecular weight is 450 g/mol. The van der Waals surface area contributed by atoms with E-state index in [1.807, 2.05) is 49.4 Å². The van der Waals surface area contributed by atoms with Gasteiger partial charge in [-0.2, -0.15) is 4.98 Å². The molecule has 7 nitrogen and oxygen atoms in total. The van der Waals surface area contributed by atoms with Crippen LogP contribution >= 0.6 is 11.6 Å².